The maximum atomic E-state index is 14.2. The molecule has 2 aliphatic rings. The lowest BCUT2D eigenvalue weighted by atomic mass is 9.85. The predicted molar refractivity (Wildman–Crippen MR) is 102 cm³/mol. The highest BCUT2D eigenvalue weighted by Gasteiger charge is 2.61. The third-order valence-electron chi connectivity index (χ3n) is 4.84. The molecule has 1 N–H and O–H groups in total. The van der Waals surface area contributed by atoms with Crippen LogP contribution in [0.2, 0.25) is 0 Å². The number of hydrogen-bond acceptors (Lipinski definition) is 4. The zero-order chi connectivity index (χ0) is 19.6. The Morgan fingerprint density at radius 3 is 2.67 bits per heavy atom. The van der Waals surface area contributed by atoms with Gasteiger partial charge < -0.3 is 4.90 Å². The van der Waals surface area contributed by atoms with Gasteiger partial charge in [0.25, 0.3) is 5.91 Å². The van der Waals surface area contributed by atoms with Gasteiger partial charge in [-0.1, -0.05) is 31.5 Å². The summed E-state index contributed by atoms with van der Waals surface area (Å²) in [6, 6.07) is 7.09. The van der Waals surface area contributed by atoms with Crippen LogP contribution in [0.15, 0.2) is 36.7 Å². The minimum absolute atomic E-state index is 0. The fourth-order valence-electron chi connectivity index (χ4n) is 3.46. The van der Waals surface area contributed by atoms with Gasteiger partial charge in [-0.25, -0.2) is 14.4 Å². The van der Waals surface area contributed by atoms with Gasteiger partial charge in [0.15, 0.2) is 0 Å². The monoisotopic (exact) mass is 372 g/mol. The quantitative estimate of drug-likeness (QED) is 0.898. The number of aromatic nitrogens is 2. The second kappa shape index (κ2) is 7.42. The Bertz CT molecular complexity index is 865. The molecule has 1 fully saturated rings. The Morgan fingerprint density at radius 2 is 2.04 bits per heavy atom. The number of amides is 2. The number of anilines is 1. The molecule has 1 aromatic heterocycles. The van der Waals surface area contributed by atoms with E-state index in [1.165, 1.54) is 17.3 Å². The van der Waals surface area contributed by atoms with Crippen molar-refractivity contribution in [2.75, 3.05) is 18.4 Å². The van der Waals surface area contributed by atoms with E-state index in [1.807, 2.05) is 32.9 Å². The SMILES string of the molecule is CC.Cc1ccc2c(c1)[C@@]1(C[C@H]1F)CN(CC(=O)Nc1ncccn1)C2=O.[HH]. The Hall–Kier alpha value is -2.83. The number of alkyl halides is 1. The zero-order valence-electron chi connectivity index (χ0n) is 15.7. The number of rotatable bonds is 3. The van der Waals surface area contributed by atoms with Crippen molar-refractivity contribution in [3.05, 3.63) is 53.3 Å². The van der Waals surface area contributed by atoms with E-state index in [9.17, 15) is 14.0 Å². The largest absolute Gasteiger partial charge is 0.328 e. The topological polar surface area (TPSA) is 75.2 Å². The minimum Gasteiger partial charge on any atom is -0.328 e. The Morgan fingerprint density at radius 1 is 1.37 bits per heavy atom. The van der Waals surface area contributed by atoms with Crippen LogP contribution in [-0.4, -0.2) is 45.9 Å². The van der Waals surface area contributed by atoms with Crippen LogP contribution in [0.25, 0.3) is 0 Å². The summed E-state index contributed by atoms with van der Waals surface area (Å²) in [6.45, 7) is 5.99. The molecule has 1 saturated carbocycles. The van der Waals surface area contributed by atoms with Crippen molar-refractivity contribution in [2.24, 2.45) is 0 Å². The lowest BCUT2D eigenvalue weighted by Gasteiger charge is -2.34. The Kier molecular flexibility index (Phi) is 5.21. The first-order chi connectivity index (χ1) is 13.0. The summed E-state index contributed by atoms with van der Waals surface area (Å²) in [4.78, 5) is 34.2. The number of aryl methyl sites for hydroxylation is 1. The van der Waals surface area contributed by atoms with Gasteiger partial charge in [-0.3, -0.25) is 14.9 Å². The molecule has 1 aliphatic heterocycles. The Balaban J connectivity index is 0.000000906. The van der Waals surface area contributed by atoms with Crippen LogP contribution in [0.4, 0.5) is 10.3 Å². The number of halogens is 1. The maximum absolute atomic E-state index is 14.2. The van der Waals surface area contributed by atoms with Crippen LogP contribution in [0, 0.1) is 6.92 Å². The van der Waals surface area contributed by atoms with E-state index in [0.717, 1.165) is 11.1 Å². The molecule has 7 heteroatoms. The van der Waals surface area contributed by atoms with Gasteiger partial charge in [0.2, 0.25) is 11.9 Å². The first-order valence-corrected chi connectivity index (χ1v) is 9.11. The van der Waals surface area contributed by atoms with Crippen molar-refractivity contribution in [1.82, 2.24) is 14.9 Å². The molecular formula is C20H25FN4O2. The fourth-order valence-corrected chi connectivity index (χ4v) is 3.46. The number of fused-ring (bicyclic) bond motifs is 2. The van der Waals surface area contributed by atoms with Crippen molar-refractivity contribution in [3.8, 4) is 0 Å². The lowest BCUT2D eigenvalue weighted by molar-refractivity contribution is -0.117. The molecule has 1 spiro atoms. The van der Waals surface area contributed by atoms with E-state index in [4.69, 9.17) is 0 Å². The maximum Gasteiger partial charge on any atom is 0.254 e. The molecule has 0 bridgehead atoms. The third-order valence-corrected chi connectivity index (χ3v) is 4.84. The van der Waals surface area contributed by atoms with Gasteiger partial charge in [0.1, 0.15) is 12.7 Å². The van der Waals surface area contributed by atoms with Crippen LogP contribution in [-0.2, 0) is 10.2 Å². The molecule has 6 nitrogen and oxygen atoms in total. The number of carbonyl (C=O) groups excluding carboxylic acids is 2. The molecule has 1 aliphatic carbocycles. The molecule has 2 amide bonds. The first kappa shape index (κ1) is 18.9. The third kappa shape index (κ3) is 3.54. The summed E-state index contributed by atoms with van der Waals surface area (Å²) in [5.74, 6) is -0.470. The highest BCUT2D eigenvalue weighted by Crippen LogP contribution is 2.54. The smallest absolute Gasteiger partial charge is 0.254 e. The van der Waals surface area contributed by atoms with E-state index >= 15 is 0 Å². The number of benzene rings is 1. The first-order valence-electron chi connectivity index (χ1n) is 9.11. The van der Waals surface area contributed by atoms with Crippen LogP contribution in [0.5, 0.6) is 0 Å². The molecule has 0 unspecified atom stereocenters. The number of nitrogens with zero attached hydrogens (tertiary/aromatic N) is 3. The van der Waals surface area contributed by atoms with Gasteiger partial charge in [0.05, 0.1) is 0 Å². The summed E-state index contributed by atoms with van der Waals surface area (Å²) in [5.41, 5.74) is 1.59. The van der Waals surface area contributed by atoms with E-state index in [1.54, 1.807) is 12.1 Å². The van der Waals surface area contributed by atoms with E-state index in [0.29, 0.717) is 12.0 Å². The number of carbonyl (C=O) groups is 2. The summed E-state index contributed by atoms with van der Waals surface area (Å²) in [7, 11) is 0. The zero-order valence-corrected chi connectivity index (χ0v) is 15.7. The molecule has 2 heterocycles. The molecular weight excluding hydrogens is 347 g/mol. The molecule has 0 radical (unpaired) electrons. The standard InChI is InChI=1S/C18H17FN4O2.C2H6.H2/c1-11-3-4-12-13(7-11)18(8-14(18)19)10-23(16(12)25)9-15(24)22-17-20-5-2-6-21-17;1-2;/h2-7,14H,8-10H2,1H3,(H,20,21,22,24);1-2H3;1H/t14-,18-;;/m1../s1. The number of hydrogen-bond donors (Lipinski definition) is 1. The van der Waals surface area contributed by atoms with E-state index in [-0.39, 0.29) is 26.4 Å². The van der Waals surface area contributed by atoms with Gasteiger partial charge in [-0.2, -0.15) is 0 Å². The average molecular weight is 372 g/mol. The summed E-state index contributed by atoms with van der Waals surface area (Å²) in [6.07, 6.45) is 2.43. The molecule has 144 valence electrons. The van der Waals surface area contributed by atoms with Gasteiger partial charge in [-0.05, 0) is 31.0 Å². The molecule has 2 atom stereocenters. The summed E-state index contributed by atoms with van der Waals surface area (Å²) < 4.78 is 14.2. The highest BCUT2D eigenvalue weighted by molar-refractivity contribution is 6.01. The van der Waals surface area contributed by atoms with Crippen molar-refractivity contribution >= 4 is 17.8 Å². The van der Waals surface area contributed by atoms with Crippen molar-refractivity contribution in [1.29, 1.82) is 0 Å². The van der Waals surface area contributed by atoms with Crippen LogP contribution in [0.1, 0.15) is 43.2 Å². The van der Waals surface area contributed by atoms with Crippen molar-refractivity contribution in [2.45, 2.75) is 38.8 Å². The summed E-state index contributed by atoms with van der Waals surface area (Å²) >= 11 is 0. The second-order valence-electron chi connectivity index (χ2n) is 6.66. The average Bonchev–Trinajstić information content (AvgIpc) is 3.32. The van der Waals surface area contributed by atoms with Crippen LogP contribution < -0.4 is 5.32 Å². The highest BCUT2D eigenvalue weighted by atomic mass is 19.1. The Labute approximate surface area is 159 Å². The molecule has 4 rings (SSSR count). The van der Waals surface area contributed by atoms with Crippen LogP contribution in [0.3, 0.4) is 0 Å². The second-order valence-corrected chi connectivity index (χ2v) is 6.66. The van der Waals surface area contributed by atoms with Gasteiger partial charge in [0, 0.05) is 31.3 Å². The normalized spacial score (nSPS) is 22.6. The van der Waals surface area contributed by atoms with E-state index < -0.39 is 17.5 Å². The molecule has 0 saturated heterocycles. The van der Waals surface area contributed by atoms with Crippen molar-refractivity contribution < 1.29 is 15.4 Å². The van der Waals surface area contributed by atoms with Crippen LogP contribution >= 0.6 is 0 Å². The van der Waals surface area contributed by atoms with Gasteiger partial charge in [-0.15, -0.1) is 0 Å². The van der Waals surface area contributed by atoms with Gasteiger partial charge >= 0.3 is 0 Å². The molecule has 27 heavy (non-hydrogen) atoms. The molecule has 1 aromatic carbocycles. The lowest BCUT2D eigenvalue weighted by Crippen LogP contribution is -2.47. The predicted octanol–water partition coefficient (Wildman–Crippen LogP) is 3.13. The van der Waals surface area contributed by atoms with Crippen molar-refractivity contribution in [3.63, 3.8) is 0 Å². The van der Waals surface area contributed by atoms with E-state index in [2.05, 4.69) is 15.3 Å². The minimum atomic E-state index is -0.982. The molecule has 2 aromatic rings. The summed E-state index contributed by atoms with van der Waals surface area (Å²) in [5, 5.41) is 2.55. The number of nitrogens with one attached hydrogen (secondary N) is 1. The fraction of sp³-hybridized carbons (Fsp3) is 0.400.